The van der Waals surface area contributed by atoms with Gasteiger partial charge in [0.05, 0.1) is 19.3 Å². The Bertz CT molecular complexity index is 1870. The minimum absolute atomic E-state index is 0.0266. The first-order chi connectivity index (χ1) is 21.0. The van der Waals surface area contributed by atoms with E-state index in [1.165, 1.54) is 15.5 Å². The second-order valence-electron chi connectivity index (χ2n) is 9.85. The van der Waals surface area contributed by atoms with Gasteiger partial charge in [0.2, 0.25) is 5.95 Å². The lowest BCUT2D eigenvalue weighted by atomic mass is 10.1. The highest BCUT2D eigenvalue weighted by atomic mass is 31.2. The Labute approximate surface area is 243 Å². The number of aromatic amines is 1. The van der Waals surface area contributed by atoms with E-state index in [1.807, 2.05) is 0 Å². The lowest BCUT2D eigenvalue weighted by Crippen LogP contribution is -2.35. The summed E-state index contributed by atoms with van der Waals surface area (Å²) >= 11 is 0. The number of anilines is 2. The third-order valence-corrected chi connectivity index (χ3v) is 8.94. The van der Waals surface area contributed by atoms with Crippen molar-refractivity contribution < 1.29 is 51.1 Å². The van der Waals surface area contributed by atoms with Gasteiger partial charge in [-0.3, -0.25) is 28.0 Å². The molecule has 0 radical (unpaired) electrons. The Kier molecular flexibility index (Phi) is 7.16. The number of aromatic nitrogens is 8. The summed E-state index contributed by atoms with van der Waals surface area (Å²) in [7, 11) is -8.14. The second kappa shape index (κ2) is 10.8. The van der Waals surface area contributed by atoms with Crippen LogP contribution in [0.3, 0.4) is 0 Å². The van der Waals surface area contributed by atoms with Crippen molar-refractivity contribution in [1.29, 1.82) is 0 Å². The first-order valence-corrected chi connectivity index (χ1v) is 15.3. The van der Waals surface area contributed by atoms with Crippen molar-refractivity contribution in [2.75, 3.05) is 24.7 Å². The van der Waals surface area contributed by atoms with Crippen molar-refractivity contribution in [3.63, 3.8) is 0 Å². The molecule has 7 rings (SSSR count). The summed E-state index contributed by atoms with van der Waals surface area (Å²) in [5.74, 6) is -0.218. The number of nitrogen functional groups attached to an aromatic ring is 2. The van der Waals surface area contributed by atoms with Crippen molar-refractivity contribution in [2.24, 2.45) is 0 Å². The maximum Gasteiger partial charge on any atom is 0.698 e. The van der Waals surface area contributed by atoms with E-state index in [-0.39, 0.29) is 34.1 Å². The fourth-order valence-electron chi connectivity index (χ4n) is 5.17. The normalized spacial score (nSPS) is 35.8. The van der Waals surface area contributed by atoms with Crippen molar-refractivity contribution >= 4 is 50.2 Å². The number of imidazole rings is 2. The highest BCUT2D eigenvalue weighted by Crippen LogP contribution is 2.51. The first-order valence-electron chi connectivity index (χ1n) is 12.7. The number of aliphatic hydroxyl groups excluding tert-OH is 1. The average molecular weight is 659 g/mol. The molecule has 44 heavy (non-hydrogen) atoms. The number of phosphoric ester groups is 1. The minimum Gasteiger partial charge on any atom is -0.387 e. The van der Waals surface area contributed by atoms with Gasteiger partial charge in [0.25, 0.3) is 5.56 Å². The topological polar surface area (TPSA) is 289 Å². The Balaban J connectivity index is 1.18. The summed E-state index contributed by atoms with van der Waals surface area (Å²) in [4.78, 5) is 45.0. The molecule has 2 bridgehead atoms. The largest absolute Gasteiger partial charge is 0.698 e. The zero-order valence-electron chi connectivity index (χ0n) is 21.9. The van der Waals surface area contributed by atoms with Crippen molar-refractivity contribution in [1.82, 2.24) is 39.0 Å². The average Bonchev–Trinajstić information content (AvgIpc) is 3.72. The monoisotopic (exact) mass is 659 g/mol. The first kappa shape index (κ1) is 29.2. The van der Waals surface area contributed by atoms with Gasteiger partial charge in [0, 0.05) is 4.57 Å². The molecule has 10 atom stereocenters. The number of nitrogens with two attached hydrogens (primary N) is 2. The number of nitrogens with one attached hydrogen (secondary N) is 1. The van der Waals surface area contributed by atoms with Crippen LogP contribution in [-0.2, 0) is 36.7 Å². The lowest BCUT2D eigenvalue weighted by molar-refractivity contribution is -0.0614. The summed E-state index contributed by atoms with van der Waals surface area (Å²) < 4.78 is 76.8. The van der Waals surface area contributed by atoms with Crippen LogP contribution in [0.25, 0.3) is 22.3 Å². The zero-order valence-corrected chi connectivity index (χ0v) is 23.7. The van der Waals surface area contributed by atoms with Crippen LogP contribution < -0.4 is 17.0 Å². The molecule has 24 heteroatoms. The van der Waals surface area contributed by atoms with Gasteiger partial charge in [0.15, 0.2) is 47.4 Å². The highest BCUT2D eigenvalue weighted by Gasteiger charge is 2.55. The predicted molar refractivity (Wildman–Crippen MR) is 140 cm³/mol. The fourth-order valence-corrected chi connectivity index (χ4v) is 6.89. The van der Waals surface area contributed by atoms with Gasteiger partial charge in [-0.05, 0) is 0 Å². The molecule has 3 aliphatic rings. The SMILES string of the molecule is Nc1nc2c(ncn2[C@@H]2O[C@@H]3COP(=O)(O)OC4C(F)[C@H](n5cnc6c(N)ncnc65)O[C@@H]4CO[P+](=O)OC2C3O)c(=O)[nH]1. The zero-order chi connectivity index (χ0) is 30.9. The second-order valence-corrected chi connectivity index (χ2v) is 12.2. The molecule has 6 unspecified atom stereocenters. The van der Waals surface area contributed by atoms with Crippen LogP contribution in [-0.4, -0.2) is 98.9 Å². The molecular formula is C20H22FN10O11P2+. The molecule has 0 saturated carbocycles. The van der Waals surface area contributed by atoms with Crippen LogP contribution >= 0.6 is 16.1 Å². The minimum atomic E-state index is -5.07. The third-order valence-electron chi connectivity index (χ3n) is 7.17. The number of fused-ring (bicyclic) bond motifs is 5. The number of alkyl halides is 1. The maximum atomic E-state index is 15.8. The van der Waals surface area contributed by atoms with Gasteiger partial charge < -0.3 is 30.9 Å². The van der Waals surface area contributed by atoms with E-state index >= 15 is 4.39 Å². The third kappa shape index (κ3) is 4.94. The molecule has 0 aromatic carbocycles. The van der Waals surface area contributed by atoms with E-state index in [0.717, 1.165) is 12.7 Å². The lowest BCUT2D eigenvalue weighted by Gasteiger charge is -2.22. The highest BCUT2D eigenvalue weighted by molar-refractivity contribution is 7.47. The molecule has 0 aliphatic carbocycles. The van der Waals surface area contributed by atoms with Crippen LogP contribution in [0.2, 0.25) is 0 Å². The maximum absolute atomic E-state index is 15.8. The van der Waals surface area contributed by atoms with Crippen molar-refractivity contribution in [3.05, 3.63) is 29.3 Å². The van der Waals surface area contributed by atoms with Crippen molar-refractivity contribution in [2.45, 2.75) is 49.1 Å². The van der Waals surface area contributed by atoms with Crippen molar-refractivity contribution in [3.8, 4) is 0 Å². The summed E-state index contributed by atoms with van der Waals surface area (Å²) in [6.07, 6.45) is -9.18. The Morgan fingerprint density at radius 3 is 2.55 bits per heavy atom. The number of nitrogens with zero attached hydrogens (tertiary/aromatic N) is 7. The van der Waals surface area contributed by atoms with Gasteiger partial charge >= 0.3 is 16.1 Å². The Hall–Kier alpha value is -3.56. The van der Waals surface area contributed by atoms with E-state index in [2.05, 4.69) is 29.9 Å². The van der Waals surface area contributed by atoms with E-state index in [0.29, 0.717) is 0 Å². The molecule has 3 fully saturated rings. The molecule has 4 aromatic rings. The van der Waals surface area contributed by atoms with E-state index < -0.39 is 84.0 Å². The summed E-state index contributed by atoms with van der Waals surface area (Å²) in [6, 6.07) is 0. The van der Waals surface area contributed by atoms with Crippen LogP contribution in [0.4, 0.5) is 16.2 Å². The van der Waals surface area contributed by atoms with Gasteiger partial charge in [0.1, 0.15) is 42.9 Å². The number of rotatable bonds is 2. The molecule has 0 amide bonds. The van der Waals surface area contributed by atoms with Crippen LogP contribution in [0, 0.1) is 0 Å². The van der Waals surface area contributed by atoms with Gasteiger partial charge in [-0.1, -0.05) is 0 Å². The molecule has 7 N–H and O–H groups in total. The molecule has 21 nitrogen and oxygen atoms in total. The molecule has 234 valence electrons. The summed E-state index contributed by atoms with van der Waals surface area (Å²) in [5.41, 5.74) is 10.9. The van der Waals surface area contributed by atoms with Crippen LogP contribution in [0.15, 0.2) is 23.8 Å². The van der Waals surface area contributed by atoms with E-state index in [9.17, 15) is 23.9 Å². The quantitative estimate of drug-likeness (QED) is 0.164. The van der Waals surface area contributed by atoms with Gasteiger partial charge in [-0.2, -0.15) is 4.98 Å². The standard InChI is InChI=1S/C20H21FN10O11P2/c21-8-12-7(40-18(8)30-4-26-9-14(22)24-3-25-15(9)30)1-37-43(34)41-13-11(32)6(2-38-44(35,36)42-12)39-19(13)31-5-27-10-16(31)28-20(23)29-17(10)33/h3-8,11-13,18-19,32H,1-2H2,(H5-,22,23,24,25,28,29,33,35,36)/p+1/t6-,7-,8?,11?,12?,13?,18-,19-/m1/s1. The molecule has 0 spiro atoms. The summed E-state index contributed by atoms with van der Waals surface area (Å²) in [5, 5.41) is 11.0. The number of halogens is 1. The molecule has 3 aliphatic heterocycles. The molecule has 4 aromatic heterocycles. The van der Waals surface area contributed by atoms with Gasteiger partial charge in [-0.15, -0.1) is 9.05 Å². The smallest absolute Gasteiger partial charge is 0.387 e. The number of ether oxygens (including phenoxy) is 2. The number of aliphatic hydroxyl groups is 1. The van der Waals surface area contributed by atoms with E-state index in [4.69, 9.17) is 39.0 Å². The number of hydrogen-bond acceptors (Lipinski definition) is 17. The number of hydrogen-bond donors (Lipinski definition) is 5. The van der Waals surface area contributed by atoms with Crippen LogP contribution in [0.5, 0.6) is 0 Å². The molecule has 7 heterocycles. The molecule has 3 saturated heterocycles. The number of H-pyrrole nitrogens is 1. The molecular weight excluding hydrogens is 637 g/mol. The predicted octanol–water partition coefficient (Wildman–Crippen LogP) is -0.807. The van der Waals surface area contributed by atoms with Crippen LogP contribution in [0.1, 0.15) is 12.5 Å². The number of phosphoric acid groups is 1. The fraction of sp³-hybridized carbons (Fsp3) is 0.500. The van der Waals surface area contributed by atoms with E-state index in [1.54, 1.807) is 0 Å². The van der Waals surface area contributed by atoms with Gasteiger partial charge in [-0.25, -0.2) is 28.9 Å². The Morgan fingerprint density at radius 2 is 1.75 bits per heavy atom. The Morgan fingerprint density at radius 1 is 1.02 bits per heavy atom. The summed E-state index contributed by atoms with van der Waals surface area (Å²) in [6.45, 7) is -1.44.